The van der Waals surface area contributed by atoms with Crippen molar-refractivity contribution in [3.05, 3.63) is 0 Å². The zero-order valence-electron chi connectivity index (χ0n) is 10.9. The molecule has 2 heterocycles. The molecule has 1 N–H and O–H groups in total. The van der Waals surface area contributed by atoms with Crippen molar-refractivity contribution >= 4 is 0 Å². The smallest absolute Gasteiger partial charge is 0.0217 e. The SMILES string of the molecule is CN(C)C1CCCN(C2CCCNCC2)C1. The van der Waals surface area contributed by atoms with Crippen LogP contribution in [-0.2, 0) is 0 Å². The fourth-order valence-corrected chi connectivity index (χ4v) is 3.10. The van der Waals surface area contributed by atoms with Crippen LogP contribution in [0.1, 0.15) is 32.1 Å². The van der Waals surface area contributed by atoms with E-state index >= 15 is 0 Å². The second kappa shape index (κ2) is 5.99. The van der Waals surface area contributed by atoms with Crippen LogP contribution in [0.3, 0.4) is 0 Å². The number of rotatable bonds is 2. The van der Waals surface area contributed by atoms with Crippen LogP contribution in [0, 0.1) is 0 Å². The van der Waals surface area contributed by atoms with E-state index in [0.717, 1.165) is 12.1 Å². The molecule has 0 aliphatic carbocycles. The molecule has 3 nitrogen and oxygen atoms in total. The Balaban J connectivity index is 1.87. The maximum absolute atomic E-state index is 3.51. The standard InChI is InChI=1S/C13H27N3/c1-15(2)13-6-4-10-16(11-13)12-5-3-8-14-9-7-12/h12-14H,3-11H2,1-2H3. The average Bonchev–Trinajstić information content (AvgIpc) is 2.57. The van der Waals surface area contributed by atoms with Crippen LogP contribution >= 0.6 is 0 Å². The van der Waals surface area contributed by atoms with Crippen LogP contribution < -0.4 is 5.32 Å². The molecule has 0 aromatic rings. The molecule has 0 saturated carbocycles. The van der Waals surface area contributed by atoms with E-state index in [0.29, 0.717) is 0 Å². The second-order valence-corrected chi connectivity index (χ2v) is 5.59. The number of nitrogens with zero attached hydrogens (tertiary/aromatic N) is 2. The van der Waals surface area contributed by atoms with Crippen molar-refractivity contribution in [2.45, 2.75) is 44.2 Å². The molecular formula is C13H27N3. The van der Waals surface area contributed by atoms with E-state index in [1.807, 2.05) is 0 Å². The predicted octanol–water partition coefficient (Wildman–Crippen LogP) is 1.15. The topological polar surface area (TPSA) is 18.5 Å². The lowest BCUT2D eigenvalue weighted by molar-refractivity contribution is 0.0901. The van der Waals surface area contributed by atoms with Crippen LogP contribution in [0.5, 0.6) is 0 Å². The van der Waals surface area contributed by atoms with E-state index in [1.165, 1.54) is 58.3 Å². The predicted molar refractivity (Wildman–Crippen MR) is 68.8 cm³/mol. The Bertz CT molecular complexity index is 197. The van der Waals surface area contributed by atoms with Gasteiger partial charge in [-0.2, -0.15) is 0 Å². The van der Waals surface area contributed by atoms with Gasteiger partial charge < -0.3 is 10.2 Å². The first-order valence-electron chi connectivity index (χ1n) is 6.88. The van der Waals surface area contributed by atoms with Crippen LogP contribution in [0.4, 0.5) is 0 Å². The summed E-state index contributed by atoms with van der Waals surface area (Å²) in [5, 5.41) is 3.51. The van der Waals surface area contributed by atoms with Gasteiger partial charge in [-0.3, -0.25) is 4.90 Å². The van der Waals surface area contributed by atoms with Gasteiger partial charge in [-0.1, -0.05) is 0 Å². The molecule has 0 aromatic carbocycles. The van der Waals surface area contributed by atoms with Gasteiger partial charge >= 0.3 is 0 Å². The molecule has 2 aliphatic heterocycles. The molecular weight excluding hydrogens is 198 g/mol. The fraction of sp³-hybridized carbons (Fsp3) is 1.00. The molecule has 2 aliphatic rings. The molecule has 2 atom stereocenters. The number of hydrogen-bond donors (Lipinski definition) is 1. The first kappa shape index (κ1) is 12.3. The number of nitrogens with one attached hydrogen (secondary N) is 1. The van der Waals surface area contributed by atoms with Gasteiger partial charge in [0.2, 0.25) is 0 Å². The van der Waals surface area contributed by atoms with Crippen molar-refractivity contribution in [3.63, 3.8) is 0 Å². The third kappa shape index (κ3) is 3.19. The van der Waals surface area contributed by atoms with Crippen LogP contribution in [0.15, 0.2) is 0 Å². The maximum atomic E-state index is 3.51. The minimum atomic E-state index is 0.782. The highest BCUT2D eigenvalue weighted by molar-refractivity contribution is 4.84. The lowest BCUT2D eigenvalue weighted by Crippen LogP contribution is -2.49. The molecule has 0 amide bonds. The molecule has 0 radical (unpaired) electrons. The maximum Gasteiger partial charge on any atom is 0.0217 e. The lowest BCUT2D eigenvalue weighted by atomic mass is 9.99. The Hall–Kier alpha value is -0.120. The van der Waals surface area contributed by atoms with Gasteiger partial charge in [0.1, 0.15) is 0 Å². The molecule has 3 heteroatoms. The average molecular weight is 225 g/mol. The number of hydrogen-bond acceptors (Lipinski definition) is 3. The highest BCUT2D eigenvalue weighted by Gasteiger charge is 2.26. The summed E-state index contributed by atoms with van der Waals surface area (Å²) in [5.41, 5.74) is 0. The van der Waals surface area contributed by atoms with Crippen molar-refractivity contribution in [1.29, 1.82) is 0 Å². The summed E-state index contributed by atoms with van der Waals surface area (Å²) in [6.07, 6.45) is 6.86. The Kier molecular flexibility index (Phi) is 4.62. The highest BCUT2D eigenvalue weighted by Crippen LogP contribution is 2.20. The van der Waals surface area contributed by atoms with Crippen molar-refractivity contribution in [1.82, 2.24) is 15.1 Å². The van der Waals surface area contributed by atoms with E-state index in [9.17, 15) is 0 Å². The first-order chi connectivity index (χ1) is 7.77. The van der Waals surface area contributed by atoms with E-state index < -0.39 is 0 Å². The molecule has 2 rings (SSSR count). The lowest BCUT2D eigenvalue weighted by Gasteiger charge is -2.40. The third-order valence-electron chi connectivity index (χ3n) is 4.22. The molecule has 2 saturated heterocycles. The summed E-state index contributed by atoms with van der Waals surface area (Å²) in [7, 11) is 4.45. The number of likely N-dealkylation sites (tertiary alicyclic amines) is 1. The monoisotopic (exact) mass is 225 g/mol. The normalized spacial score (nSPS) is 33.9. The zero-order valence-corrected chi connectivity index (χ0v) is 10.9. The van der Waals surface area contributed by atoms with Crippen LogP contribution in [-0.4, -0.2) is 62.2 Å². The first-order valence-corrected chi connectivity index (χ1v) is 6.88. The van der Waals surface area contributed by atoms with Gasteiger partial charge in [0, 0.05) is 18.6 Å². The Morgan fingerprint density at radius 1 is 1.06 bits per heavy atom. The van der Waals surface area contributed by atoms with E-state index in [-0.39, 0.29) is 0 Å². The molecule has 94 valence electrons. The summed E-state index contributed by atoms with van der Waals surface area (Å²) in [5.74, 6) is 0. The van der Waals surface area contributed by atoms with E-state index in [1.54, 1.807) is 0 Å². The van der Waals surface area contributed by atoms with Gasteiger partial charge in [0.05, 0.1) is 0 Å². The number of piperidine rings is 1. The van der Waals surface area contributed by atoms with Gasteiger partial charge in [0.25, 0.3) is 0 Å². The fourth-order valence-electron chi connectivity index (χ4n) is 3.10. The largest absolute Gasteiger partial charge is 0.317 e. The molecule has 0 aromatic heterocycles. The van der Waals surface area contributed by atoms with Gasteiger partial charge in [-0.15, -0.1) is 0 Å². The zero-order chi connectivity index (χ0) is 11.4. The van der Waals surface area contributed by atoms with Crippen molar-refractivity contribution in [2.75, 3.05) is 40.3 Å². The quantitative estimate of drug-likeness (QED) is 0.761. The van der Waals surface area contributed by atoms with Crippen molar-refractivity contribution in [3.8, 4) is 0 Å². The van der Waals surface area contributed by atoms with Crippen LogP contribution in [0.2, 0.25) is 0 Å². The van der Waals surface area contributed by atoms with Crippen molar-refractivity contribution < 1.29 is 0 Å². The molecule has 0 bridgehead atoms. The number of likely N-dealkylation sites (N-methyl/N-ethyl adjacent to an activating group) is 1. The molecule has 2 fully saturated rings. The van der Waals surface area contributed by atoms with Crippen LogP contribution in [0.25, 0.3) is 0 Å². The Labute approximate surface area is 100 Å². The summed E-state index contributed by atoms with van der Waals surface area (Å²) >= 11 is 0. The summed E-state index contributed by atoms with van der Waals surface area (Å²) in [4.78, 5) is 5.16. The van der Waals surface area contributed by atoms with Gasteiger partial charge in [0.15, 0.2) is 0 Å². The van der Waals surface area contributed by atoms with Gasteiger partial charge in [-0.25, -0.2) is 0 Å². The van der Waals surface area contributed by atoms with E-state index in [2.05, 4.69) is 29.2 Å². The van der Waals surface area contributed by atoms with E-state index in [4.69, 9.17) is 0 Å². The second-order valence-electron chi connectivity index (χ2n) is 5.59. The Morgan fingerprint density at radius 3 is 2.75 bits per heavy atom. The minimum Gasteiger partial charge on any atom is -0.317 e. The van der Waals surface area contributed by atoms with Gasteiger partial charge in [-0.05, 0) is 65.8 Å². The van der Waals surface area contributed by atoms with Crippen molar-refractivity contribution in [2.24, 2.45) is 0 Å². The summed E-state index contributed by atoms with van der Waals surface area (Å²) in [6.45, 7) is 5.06. The summed E-state index contributed by atoms with van der Waals surface area (Å²) < 4.78 is 0. The molecule has 0 spiro atoms. The minimum absolute atomic E-state index is 0.782. The molecule has 2 unspecified atom stereocenters. The Morgan fingerprint density at radius 2 is 1.94 bits per heavy atom. The summed E-state index contributed by atoms with van der Waals surface area (Å²) in [6, 6.07) is 1.63. The molecule has 16 heavy (non-hydrogen) atoms. The highest BCUT2D eigenvalue weighted by atomic mass is 15.2. The third-order valence-corrected chi connectivity index (χ3v) is 4.22.